The van der Waals surface area contributed by atoms with Gasteiger partial charge in [-0.05, 0) is 18.2 Å². The number of hydrogen-bond acceptors (Lipinski definition) is 4. The summed E-state index contributed by atoms with van der Waals surface area (Å²) in [4.78, 5) is 10.2. The molecular weight excluding hydrogens is 301 g/mol. The number of hydrogen-bond donors (Lipinski definition) is 1. The molecule has 0 saturated carbocycles. The molecule has 0 radical (unpaired) electrons. The van der Waals surface area contributed by atoms with Crippen LogP contribution in [-0.4, -0.2) is 38.5 Å². The van der Waals surface area contributed by atoms with Gasteiger partial charge < -0.3 is 9.84 Å². The molecule has 20 heavy (non-hydrogen) atoms. The number of aliphatic carboxylic acids is 1. The van der Waals surface area contributed by atoms with E-state index in [0.717, 1.165) is 19.2 Å². The van der Waals surface area contributed by atoms with Crippen molar-refractivity contribution < 1.29 is 36.2 Å². The molecule has 0 spiro atoms. The van der Waals surface area contributed by atoms with Gasteiger partial charge in [-0.1, -0.05) is 6.07 Å². The Balaban J connectivity index is 3.31. The topological polar surface area (TPSA) is 80.7 Å². The Morgan fingerprint density at radius 1 is 1.40 bits per heavy atom. The molecule has 0 aromatic heterocycles. The summed E-state index contributed by atoms with van der Waals surface area (Å²) in [6, 6.07) is 2.92. The van der Waals surface area contributed by atoms with E-state index in [-0.39, 0.29) is 0 Å². The van der Waals surface area contributed by atoms with Crippen LogP contribution in [0.1, 0.15) is 5.56 Å². The molecule has 0 fully saturated rings. The molecule has 0 saturated heterocycles. The zero-order chi connectivity index (χ0) is 15.6. The van der Waals surface area contributed by atoms with Crippen LogP contribution in [0.5, 0.6) is 0 Å². The lowest BCUT2D eigenvalue weighted by Gasteiger charge is -2.14. The van der Waals surface area contributed by atoms with Crippen LogP contribution in [0.15, 0.2) is 29.2 Å². The molecule has 0 heterocycles. The van der Waals surface area contributed by atoms with E-state index in [4.69, 9.17) is 5.11 Å². The summed E-state index contributed by atoms with van der Waals surface area (Å²) in [6.45, 7) is -0.659. The van der Waals surface area contributed by atoms with Crippen LogP contribution in [0.2, 0.25) is 0 Å². The smallest absolute Gasteiger partial charge is 0.416 e. The third-order valence-corrected chi connectivity index (χ3v) is 4.46. The van der Waals surface area contributed by atoms with Gasteiger partial charge >= 0.3 is 12.1 Å². The van der Waals surface area contributed by atoms with E-state index in [2.05, 4.69) is 4.74 Å². The summed E-state index contributed by atoms with van der Waals surface area (Å²) >= 11 is 0. The number of ether oxygens (including phenoxy) is 1. The fourth-order valence-electron chi connectivity index (χ4n) is 1.46. The SMILES string of the molecule is COCC(C(=O)O)S(=O)(=O)c1cccc(C(F)(F)F)c1. The van der Waals surface area contributed by atoms with Crippen molar-refractivity contribution in [2.24, 2.45) is 0 Å². The predicted molar refractivity (Wildman–Crippen MR) is 61.9 cm³/mol. The molecule has 1 rings (SSSR count). The lowest BCUT2D eigenvalue weighted by atomic mass is 10.2. The number of carboxylic acid groups (broad SMARTS) is 1. The highest BCUT2D eigenvalue weighted by atomic mass is 32.2. The highest BCUT2D eigenvalue weighted by molar-refractivity contribution is 7.92. The van der Waals surface area contributed by atoms with E-state index >= 15 is 0 Å². The fraction of sp³-hybridized carbons (Fsp3) is 0.364. The molecule has 1 aromatic rings. The molecule has 0 aliphatic rings. The minimum absolute atomic E-state index is 0.404. The second-order valence-electron chi connectivity index (χ2n) is 3.85. The number of benzene rings is 1. The predicted octanol–water partition coefficient (Wildman–Crippen LogP) is 1.58. The first kappa shape index (κ1) is 16.4. The molecule has 9 heteroatoms. The Hall–Kier alpha value is -1.61. The Morgan fingerprint density at radius 3 is 2.45 bits per heavy atom. The minimum Gasteiger partial charge on any atom is -0.480 e. The van der Waals surface area contributed by atoms with E-state index in [1.54, 1.807) is 0 Å². The van der Waals surface area contributed by atoms with Gasteiger partial charge in [-0.15, -0.1) is 0 Å². The lowest BCUT2D eigenvalue weighted by molar-refractivity contribution is -0.138. The maximum atomic E-state index is 12.5. The van der Waals surface area contributed by atoms with Crippen LogP contribution in [-0.2, 0) is 25.5 Å². The van der Waals surface area contributed by atoms with Crippen molar-refractivity contribution in [1.29, 1.82) is 0 Å². The van der Waals surface area contributed by atoms with Gasteiger partial charge in [0, 0.05) is 7.11 Å². The quantitative estimate of drug-likeness (QED) is 0.893. The van der Waals surface area contributed by atoms with Crippen LogP contribution in [0, 0.1) is 0 Å². The summed E-state index contributed by atoms with van der Waals surface area (Å²) in [6.07, 6.45) is -4.72. The zero-order valence-corrected chi connectivity index (χ0v) is 11.0. The minimum atomic E-state index is -4.72. The van der Waals surface area contributed by atoms with Crippen molar-refractivity contribution in [3.8, 4) is 0 Å². The third kappa shape index (κ3) is 3.48. The molecule has 1 N–H and O–H groups in total. The van der Waals surface area contributed by atoms with Gasteiger partial charge in [-0.25, -0.2) is 8.42 Å². The zero-order valence-electron chi connectivity index (χ0n) is 10.2. The molecule has 1 aromatic carbocycles. The van der Waals surface area contributed by atoms with Crippen molar-refractivity contribution in [1.82, 2.24) is 0 Å². The van der Waals surface area contributed by atoms with Crippen molar-refractivity contribution in [2.75, 3.05) is 13.7 Å². The summed E-state index contributed by atoms with van der Waals surface area (Å²) in [5, 5.41) is 6.89. The van der Waals surface area contributed by atoms with Crippen molar-refractivity contribution in [3.05, 3.63) is 29.8 Å². The fourth-order valence-corrected chi connectivity index (χ4v) is 2.93. The Labute approximate surface area is 112 Å². The lowest BCUT2D eigenvalue weighted by Crippen LogP contribution is -2.34. The van der Waals surface area contributed by atoms with Gasteiger partial charge in [-0.2, -0.15) is 13.2 Å². The van der Waals surface area contributed by atoms with Crippen molar-refractivity contribution in [2.45, 2.75) is 16.3 Å². The van der Waals surface area contributed by atoms with Gasteiger partial charge in [0.1, 0.15) is 0 Å². The Morgan fingerprint density at radius 2 is 2.00 bits per heavy atom. The standard InChI is InChI=1S/C11H11F3O5S/c1-19-6-9(10(15)16)20(17,18)8-4-2-3-7(5-8)11(12,13)14/h2-5,9H,6H2,1H3,(H,15,16). The van der Waals surface area contributed by atoms with Crippen LogP contribution >= 0.6 is 0 Å². The molecule has 1 unspecified atom stereocenters. The number of carbonyl (C=O) groups is 1. The van der Waals surface area contributed by atoms with E-state index in [1.807, 2.05) is 0 Å². The van der Waals surface area contributed by atoms with Gasteiger partial charge in [0.05, 0.1) is 17.1 Å². The highest BCUT2D eigenvalue weighted by Crippen LogP contribution is 2.31. The average molecular weight is 312 g/mol. The van der Waals surface area contributed by atoms with Gasteiger partial charge in [0.2, 0.25) is 0 Å². The van der Waals surface area contributed by atoms with Crippen LogP contribution in [0.4, 0.5) is 13.2 Å². The molecule has 0 bridgehead atoms. The second kappa shape index (κ2) is 5.80. The van der Waals surface area contributed by atoms with Gasteiger partial charge in [0.15, 0.2) is 15.1 Å². The molecule has 0 amide bonds. The van der Waals surface area contributed by atoms with Gasteiger partial charge in [0.25, 0.3) is 0 Å². The van der Waals surface area contributed by atoms with E-state index < -0.39 is 44.3 Å². The monoisotopic (exact) mass is 312 g/mol. The van der Waals surface area contributed by atoms with E-state index in [9.17, 15) is 26.4 Å². The molecule has 0 aliphatic carbocycles. The summed E-state index contributed by atoms with van der Waals surface area (Å²) in [5.41, 5.74) is -1.17. The molecule has 1 atom stereocenters. The van der Waals surface area contributed by atoms with E-state index in [1.165, 1.54) is 0 Å². The number of halogens is 3. The number of carboxylic acids is 1. The summed E-state index contributed by atoms with van der Waals surface area (Å²) in [7, 11) is -3.37. The van der Waals surface area contributed by atoms with E-state index in [0.29, 0.717) is 12.1 Å². The van der Waals surface area contributed by atoms with Crippen LogP contribution in [0.25, 0.3) is 0 Å². The first-order chi connectivity index (χ1) is 9.10. The maximum Gasteiger partial charge on any atom is 0.416 e. The molecule has 112 valence electrons. The Kier molecular flexibility index (Phi) is 4.77. The highest BCUT2D eigenvalue weighted by Gasteiger charge is 2.36. The van der Waals surface area contributed by atoms with Crippen LogP contribution < -0.4 is 0 Å². The molecule has 0 aliphatic heterocycles. The largest absolute Gasteiger partial charge is 0.480 e. The number of rotatable bonds is 5. The first-order valence-electron chi connectivity index (χ1n) is 5.23. The van der Waals surface area contributed by atoms with Gasteiger partial charge in [-0.3, -0.25) is 4.79 Å². The molecule has 5 nitrogen and oxygen atoms in total. The first-order valence-corrected chi connectivity index (χ1v) is 6.78. The molecular formula is C11H11F3O5S. The maximum absolute atomic E-state index is 12.5. The number of methoxy groups -OCH3 is 1. The summed E-state index contributed by atoms with van der Waals surface area (Å²) < 4.78 is 66.1. The number of sulfone groups is 1. The normalized spacial score (nSPS) is 14.0. The van der Waals surface area contributed by atoms with Crippen LogP contribution in [0.3, 0.4) is 0 Å². The summed E-state index contributed by atoms with van der Waals surface area (Å²) in [5.74, 6) is -1.69. The second-order valence-corrected chi connectivity index (χ2v) is 5.98. The third-order valence-electron chi connectivity index (χ3n) is 2.46. The number of alkyl halides is 3. The average Bonchev–Trinajstić information content (AvgIpc) is 2.34. The van der Waals surface area contributed by atoms with Crippen molar-refractivity contribution in [3.63, 3.8) is 0 Å². The Bertz CT molecular complexity index is 594. The van der Waals surface area contributed by atoms with Crippen molar-refractivity contribution >= 4 is 15.8 Å².